The molecule has 2 aromatic rings. The van der Waals surface area contributed by atoms with E-state index in [1.165, 1.54) is 5.56 Å². The summed E-state index contributed by atoms with van der Waals surface area (Å²) in [5, 5.41) is 14.6. The Morgan fingerprint density at radius 1 is 1.17 bits per heavy atom. The number of hydrogen-bond acceptors (Lipinski definition) is 2. The van der Waals surface area contributed by atoms with Crippen LogP contribution in [0.1, 0.15) is 34.1 Å². The molecule has 18 heavy (non-hydrogen) atoms. The van der Waals surface area contributed by atoms with E-state index in [0.29, 0.717) is 6.54 Å². The molecule has 0 bridgehead atoms. The number of aromatic nitrogens is 2. The van der Waals surface area contributed by atoms with Crippen LogP contribution in [0.4, 0.5) is 0 Å². The van der Waals surface area contributed by atoms with Crippen LogP contribution in [-0.2, 0) is 6.54 Å². The molecule has 96 valence electrons. The minimum Gasteiger partial charge on any atom is -0.386 e. The molecule has 0 fully saturated rings. The van der Waals surface area contributed by atoms with Crippen LogP contribution in [0.5, 0.6) is 0 Å². The van der Waals surface area contributed by atoms with Crippen molar-refractivity contribution < 1.29 is 5.11 Å². The summed E-state index contributed by atoms with van der Waals surface area (Å²) in [5.41, 5.74) is 5.61. The van der Waals surface area contributed by atoms with Gasteiger partial charge in [0, 0.05) is 11.9 Å². The molecule has 0 saturated carbocycles. The molecule has 0 aliphatic rings. The van der Waals surface area contributed by atoms with Gasteiger partial charge in [0.05, 0.1) is 12.6 Å². The van der Waals surface area contributed by atoms with Gasteiger partial charge in [-0.15, -0.1) is 0 Å². The van der Waals surface area contributed by atoms with E-state index in [9.17, 15) is 5.11 Å². The highest BCUT2D eigenvalue weighted by Crippen LogP contribution is 2.24. The monoisotopic (exact) mass is 244 g/mol. The molecule has 1 aromatic heterocycles. The predicted octanol–water partition coefficient (Wildman–Crippen LogP) is 2.85. The van der Waals surface area contributed by atoms with E-state index in [-0.39, 0.29) is 0 Å². The Bertz CT molecular complexity index is 534. The van der Waals surface area contributed by atoms with Gasteiger partial charge in [-0.25, -0.2) is 0 Å². The number of aliphatic hydroxyl groups is 1. The Labute approximate surface area is 108 Å². The summed E-state index contributed by atoms with van der Waals surface area (Å²) >= 11 is 0. The van der Waals surface area contributed by atoms with Gasteiger partial charge in [0.25, 0.3) is 0 Å². The maximum absolute atomic E-state index is 10.4. The predicted molar refractivity (Wildman–Crippen MR) is 72.6 cm³/mol. The van der Waals surface area contributed by atoms with Gasteiger partial charge in [-0.2, -0.15) is 5.10 Å². The van der Waals surface area contributed by atoms with Crippen LogP contribution in [-0.4, -0.2) is 14.9 Å². The molecular weight excluding hydrogens is 224 g/mol. The molecule has 3 heteroatoms. The van der Waals surface area contributed by atoms with Crippen LogP contribution in [0.3, 0.4) is 0 Å². The van der Waals surface area contributed by atoms with Crippen LogP contribution in [0, 0.1) is 27.7 Å². The molecule has 1 unspecified atom stereocenters. The summed E-state index contributed by atoms with van der Waals surface area (Å²) in [6, 6.07) is 6.17. The lowest BCUT2D eigenvalue weighted by Crippen LogP contribution is -2.13. The Morgan fingerprint density at radius 2 is 1.78 bits per heavy atom. The van der Waals surface area contributed by atoms with Gasteiger partial charge in [0.1, 0.15) is 0 Å². The first kappa shape index (κ1) is 12.8. The van der Waals surface area contributed by atoms with E-state index in [0.717, 1.165) is 22.4 Å². The summed E-state index contributed by atoms with van der Waals surface area (Å²) in [7, 11) is 0. The average Bonchev–Trinajstić information content (AvgIpc) is 2.62. The van der Waals surface area contributed by atoms with E-state index < -0.39 is 6.10 Å². The van der Waals surface area contributed by atoms with Crippen molar-refractivity contribution in [2.24, 2.45) is 0 Å². The zero-order valence-corrected chi connectivity index (χ0v) is 11.4. The number of rotatable bonds is 3. The fourth-order valence-corrected chi connectivity index (χ4v) is 2.56. The Hall–Kier alpha value is -1.61. The molecule has 1 atom stereocenters. The first-order chi connectivity index (χ1) is 8.49. The Balaban J connectivity index is 2.29. The topological polar surface area (TPSA) is 38.0 Å². The van der Waals surface area contributed by atoms with E-state index in [2.05, 4.69) is 38.0 Å². The fraction of sp³-hybridized carbons (Fsp3) is 0.400. The Kier molecular flexibility index (Phi) is 3.53. The molecule has 0 aliphatic heterocycles. The molecule has 0 spiro atoms. The lowest BCUT2D eigenvalue weighted by molar-refractivity contribution is 0.149. The average molecular weight is 244 g/mol. The van der Waals surface area contributed by atoms with Crippen LogP contribution in [0.2, 0.25) is 0 Å². The quantitative estimate of drug-likeness (QED) is 0.901. The highest BCUT2D eigenvalue weighted by Gasteiger charge is 2.15. The fourth-order valence-electron chi connectivity index (χ4n) is 2.56. The third-order valence-electron chi connectivity index (χ3n) is 3.35. The second kappa shape index (κ2) is 4.94. The van der Waals surface area contributed by atoms with Crippen LogP contribution >= 0.6 is 0 Å². The van der Waals surface area contributed by atoms with Crippen molar-refractivity contribution in [3.05, 3.63) is 52.3 Å². The summed E-state index contributed by atoms with van der Waals surface area (Å²) in [6.45, 7) is 8.68. The van der Waals surface area contributed by atoms with Crippen molar-refractivity contribution in [3.8, 4) is 0 Å². The van der Waals surface area contributed by atoms with Crippen molar-refractivity contribution >= 4 is 0 Å². The van der Waals surface area contributed by atoms with Crippen molar-refractivity contribution in [1.82, 2.24) is 9.78 Å². The lowest BCUT2D eigenvalue weighted by atomic mass is 9.95. The number of nitrogens with zero attached hydrogens (tertiary/aromatic N) is 2. The van der Waals surface area contributed by atoms with Crippen LogP contribution in [0.25, 0.3) is 0 Å². The molecule has 0 aliphatic carbocycles. The van der Waals surface area contributed by atoms with E-state index in [1.807, 2.05) is 17.7 Å². The molecule has 0 radical (unpaired) electrons. The van der Waals surface area contributed by atoms with Crippen LogP contribution in [0.15, 0.2) is 24.4 Å². The largest absolute Gasteiger partial charge is 0.386 e. The van der Waals surface area contributed by atoms with Crippen molar-refractivity contribution in [1.29, 1.82) is 0 Å². The van der Waals surface area contributed by atoms with Gasteiger partial charge in [0.15, 0.2) is 0 Å². The third kappa shape index (κ3) is 2.46. The van der Waals surface area contributed by atoms with Gasteiger partial charge < -0.3 is 5.11 Å². The summed E-state index contributed by atoms with van der Waals surface area (Å²) in [5.74, 6) is 0. The molecule has 3 nitrogen and oxygen atoms in total. The van der Waals surface area contributed by atoms with E-state index in [1.54, 1.807) is 6.20 Å². The number of aryl methyl sites for hydroxylation is 4. The Morgan fingerprint density at radius 3 is 2.28 bits per heavy atom. The number of hydrogen-bond donors (Lipinski definition) is 1. The maximum atomic E-state index is 10.4. The van der Waals surface area contributed by atoms with Crippen molar-refractivity contribution in [2.75, 3.05) is 0 Å². The zero-order chi connectivity index (χ0) is 13.3. The summed E-state index contributed by atoms with van der Waals surface area (Å²) in [4.78, 5) is 0. The van der Waals surface area contributed by atoms with E-state index in [4.69, 9.17) is 0 Å². The standard InChI is InChI=1S/C15H20N2O/c1-10-7-11(2)15(12(3)8-10)14(18)9-17-13(4)5-6-16-17/h5-8,14,18H,9H2,1-4H3. The summed E-state index contributed by atoms with van der Waals surface area (Å²) < 4.78 is 1.84. The molecule has 1 aromatic carbocycles. The third-order valence-corrected chi connectivity index (χ3v) is 3.35. The molecule has 0 amide bonds. The molecule has 1 N–H and O–H groups in total. The molecule has 2 rings (SSSR count). The van der Waals surface area contributed by atoms with Gasteiger partial charge in [-0.1, -0.05) is 17.7 Å². The van der Waals surface area contributed by atoms with Gasteiger partial charge >= 0.3 is 0 Å². The number of benzene rings is 1. The van der Waals surface area contributed by atoms with E-state index >= 15 is 0 Å². The van der Waals surface area contributed by atoms with Crippen molar-refractivity contribution in [3.63, 3.8) is 0 Å². The van der Waals surface area contributed by atoms with Crippen LogP contribution < -0.4 is 0 Å². The second-order valence-electron chi connectivity index (χ2n) is 4.98. The minimum absolute atomic E-state index is 0.504. The second-order valence-corrected chi connectivity index (χ2v) is 4.98. The molecular formula is C15H20N2O. The molecule has 1 heterocycles. The number of aliphatic hydroxyl groups excluding tert-OH is 1. The van der Waals surface area contributed by atoms with Gasteiger partial charge in [0.2, 0.25) is 0 Å². The smallest absolute Gasteiger partial charge is 0.0991 e. The highest BCUT2D eigenvalue weighted by molar-refractivity contribution is 5.38. The minimum atomic E-state index is -0.510. The highest BCUT2D eigenvalue weighted by atomic mass is 16.3. The first-order valence-corrected chi connectivity index (χ1v) is 6.23. The molecule has 0 saturated heterocycles. The van der Waals surface area contributed by atoms with Gasteiger partial charge in [-0.3, -0.25) is 4.68 Å². The normalized spacial score (nSPS) is 12.7. The lowest BCUT2D eigenvalue weighted by Gasteiger charge is -2.18. The first-order valence-electron chi connectivity index (χ1n) is 6.23. The zero-order valence-electron chi connectivity index (χ0n) is 11.4. The van der Waals surface area contributed by atoms with Gasteiger partial charge in [-0.05, 0) is 50.5 Å². The maximum Gasteiger partial charge on any atom is 0.0991 e. The SMILES string of the molecule is Cc1cc(C)c(C(O)Cn2nccc2C)c(C)c1. The van der Waals surface area contributed by atoms with Crippen molar-refractivity contribution in [2.45, 2.75) is 40.3 Å². The summed E-state index contributed by atoms with van der Waals surface area (Å²) in [6.07, 6.45) is 1.25.